The van der Waals surface area contributed by atoms with Crippen molar-refractivity contribution >= 4 is 21.7 Å². The maximum Gasteiger partial charge on any atom is 0.169 e. The Bertz CT molecular complexity index is 697. The van der Waals surface area contributed by atoms with Crippen LogP contribution in [0.4, 0.5) is 5.82 Å². The Hall–Kier alpha value is -1.76. The number of ether oxygens (including phenoxy) is 2. The van der Waals surface area contributed by atoms with E-state index >= 15 is 0 Å². The quantitative estimate of drug-likeness (QED) is 0.919. The van der Waals surface area contributed by atoms with Crippen LogP contribution in [0.1, 0.15) is 30.0 Å². The fourth-order valence-corrected chi connectivity index (χ4v) is 3.06. The molecule has 1 aliphatic carbocycles. The van der Waals surface area contributed by atoms with Gasteiger partial charge in [-0.25, -0.2) is 4.68 Å². The molecule has 110 valence electrons. The molecule has 7 heteroatoms. The van der Waals surface area contributed by atoms with Gasteiger partial charge in [0.25, 0.3) is 0 Å². The second kappa shape index (κ2) is 4.91. The molecule has 1 aromatic carbocycles. The van der Waals surface area contributed by atoms with E-state index in [2.05, 4.69) is 26.2 Å². The summed E-state index contributed by atoms with van der Waals surface area (Å²) in [4.78, 5) is 0. The van der Waals surface area contributed by atoms with Crippen LogP contribution < -0.4 is 15.2 Å². The molecule has 4 rings (SSSR count). The van der Waals surface area contributed by atoms with Crippen molar-refractivity contribution < 1.29 is 9.47 Å². The van der Waals surface area contributed by atoms with Gasteiger partial charge in [-0.3, -0.25) is 0 Å². The van der Waals surface area contributed by atoms with Gasteiger partial charge in [-0.15, -0.1) is 5.10 Å². The zero-order valence-corrected chi connectivity index (χ0v) is 13.0. The molecule has 0 spiro atoms. The van der Waals surface area contributed by atoms with E-state index in [4.69, 9.17) is 15.2 Å². The van der Waals surface area contributed by atoms with Crippen molar-refractivity contribution in [1.29, 1.82) is 0 Å². The highest BCUT2D eigenvalue weighted by molar-refractivity contribution is 9.10. The number of hydrogen-bond donors (Lipinski definition) is 1. The van der Waals surface area contributed by atoms with Crippen LogP contribution in [-0.2, 0) is 6.54 Å². The molecular formula is C14H15BrN4O2. The number of halogens is 1. The molecule has 0 radical (unpaired) electrons. The lowest BCUT2D eigenvalue weighted by molar-refractivity contribution is 0.171. The Morgan fingerprint density at radius 3 is 2.67 bits per heavy atom. The van der Waals surface area contributed by atoms with Crippen molar-refractivity contribution in [2.24, 2.45) is 0 Å². The van der Waals surface area contributed by atoms with E-state index in [0.717, 1.165) is 27.2 Å². The summed E-state index contributed by atoms with van der Waals surface area (Å²) in [5.41, 5.74) is 8.06. The van der Waals surface area contributed by atoms with E-state index in [0.29, 0.717) is 31.5 Å². The van der Waals surface area contributed by atoms with Crippen molar-refractivity contribution in [3.05, 3.63) is 27.9 Å². The number of nitrogens with zero attached hydrogens (tertiary/aromatic N) is 3. The fraction of sp³-hybridized carbons (Fsp3) is 0.429. The third kappa shape index (κ3) is 2.35. The summed E-state index contributed by atoms with van der Waals surface area (Å²) < 4.78 is 14.1. The van der Waals surface area contributed by atoms with Crippen LogP contribution in [0.2, 0.25) is 0 Å². The third-order valence-corrected chi connectivity index (χ3v) is 4.53. The summed E-state index contributed by atoms with van der Waals surface area (Å²) in [7, 11) is 0. The van der Waals surface area contributed by atoms with Crippen LogP contribution in [0, 0.1) is 0 Å². The zero-order chi connectivity index (χ0) is 14.4. The lowest BCUT2D eigenvalue weighted by Crippen LogP contribution is -2.16. The van der Waals surface area contributed by atoms with Gasteiger partial charge in [0.2, 0.25) is 0 Å². The zero-order valence-electron chi connectivity index (χ0n) is 11.4. The number of fused-ring (bicyclic) bond motifs is 1. The minimum atomic E-state index is 0.510. The molecule has 0 saturated heterocycles. The minimum Gasteiger partial charge on any atom is -0.486 e. The van der Waals surface area contributed by atoms with Gasteiger partial charge < -0.3 is 15.2 Å². The van der Waals surface area contributed by atoms with E-state index < -0.39 is 0 Å². The van der Waals surface area contributed by atoms with Crippen LogP contribution in [0.5, 0.6) is 11.5 Å². The maximum absolute atomic E-state index is 5.93. The molecule has 1 aromatic heterocycles. The smallest absolute Gasteiger partial charge is 0.169 e. The number of benzene rings is 1. The van der Waals surface area contributed by atoms with Gasteiger partial charge in [0.1, 0.15) is 13.2 Å². The lowest BCUT2D eigenvalue weighted by Gasteiger charge is -2.20. The highest BCUT2D eigenvalue weighted by Gasteiger charge is 2.30. The second-order valence-corrected chi connectivity index (χ2v) is 6.23. The molecule has 1 aliphatic heterocycles. The van der Waals surface area contributed by atoms with Crippen LogP contribution in [-0.4, -0.2) is 28.2 Å². The van der Waals surface area contributed by atoms with Crippen molar-refractivity contribution in [2.75, 3.05) is 18.9 Å². The number of rotatable bonds is 3. The highest BCUT2D eigenvalue weighted by atomic mass is 79.9. The summed E-state index contributed by atoms with van der Waals surface area (Å²) in [5.74, 6) is 2.61. The molecular weight excluding hydrogens is 336 g/mol. The summed E-state index contributed by atoms with van der Waals surface area (Å²) in [6.45, 7) is 1.79. The summed E-state index contributed by atoms with van der Waals surface area (Å²) in [6.07, 6.45) is 2.33. The summed E-state index contributed by atoms with van der Waals surface area (Å²) >= 11 is 3.59. The minimum absolute atomic E-state index is 0.510. The molecule has 2 N–H and O–H groups in total. The molecule has 0 amide bonds. The topological polar surface area (TPSA) is 75.2 Å². The number of nitrogen functional groups attached to an aromatic ring is 1. The van der Waals surface area contributed by atoms with Gasteiger partial charge in [0, 0.05) is 10.4 Å². The van der Waals surface area contributed by atoms with Gasteiger partial charge in [-0.1, -0.05) is 21.1 Å². The van der Waals surface area contributed by atoms with Gasteiger partial charge in [-0.05, 0) is 30.5 Å². The fourth-order valence-electron chi connectivity index (χ4n) is 2.62. The van der Waals surface area contributed by atoms with Crippen LogP contribution in [0.15, 0.2) is 16.6 Å². The van der Waals surface area contributed by atoms with Crippen molar-refractivity contribution in [2.45, 2.75) is 25.3 Å². The molecule has 0 unspecified atom stereocenters. The third-order valence-electron chi connectivity index (χ3n) is 3.80. The highest BCUT2D eigenvalue weighted by Crippen LogP contribution is 2.42. The first-order valence-electron chi connectivity index (χ1n) is 6.99. The van der Waals surface area contributed by atoms with E-state index in [1.807, 2.05) is 16.8 Å². The average Bonchev–Trinajstić information content (AvgIpc) is 3.24. The monoisotopic (exact) mass is 350 g/mol. The first kappa shape index (κ1) is 12.9. The molecule has 2 heterocycles. The molecule has 2 aromatic rings. The largest absolute Gasteiger partial charge is 0.486 e. The normalized spacial score (nSPS) is 17.0. The molecule has 0 bridgehead atoms. The summed E-state index contributed by atoms with van der Waals surface area (Å²) in [5, 5.41) is 8.18. The van der Waals surface area contributed by atoms with Crippen molar-refractivity contribution in [3.8, 4) is 11.5 Å². The maximum atomic E-state index is 5.93. The Balaban J connectivity index is 1.68. The number of hydrogen-bond acceptors (Lipinski definition) is 5. The summed E-state index contributed by atoms with van der Waals surface area (Å²) in [6, 6.07) is 3.94. The van der Waals surface area contributed by atoms with Crippen LogP contribution in [0.3, 0.4) is 0 Å². The van der Waals surface area contributed by atoms with E-state index in [9.17, 15) is 0 Å². The van der Waals surface area contributed by atoms with Gasteiger partial charge in [-0.2, -0.15) is 0 Å². The van der Waals surface area contributed by atoms with E-state index in [1.165, 1.54) is 12.8 Å². The van der Waals surface area contributed by atoms with Crippen molar-refractivity contribution in [3.63, 3.8) is 0 Å². The molecule has 1 saturated carbocycles. The van der Waals surface area contributed by atoms with Gasteiger partial charge in [0.15, 0.2) is 17.3 Å². The Morgan fingerprint density at radius 2 is 1.95 bits per heavy atom. The molecule has 21 heavy (non-hydrogen) atoms. The number of aromatic nitrogens is 3. The Kier molecular flexibility index (Phi) is 3.02. The van der Waals surface area contributed by atoms with E-state index in [-0.39, 0.29) is 0 Å². The first-order chi connectivity index (χ1) is 10.2. The standard InChI is InChI=1S/C14H15BrN4O2/c15-10-6-12-11(20-3-4-21-12)5-9(10)7-19-13(8-1-2-8)14(16)17-18-19/h5-6,8H,1-4,7,16H2. The number of nitrogens with two attached hydrogens (primary N) is 1. The van der Waals surface area contributed by atoms with Crippen molar-refractivity contribution in [1.82, 2.24) is 15.0 Å². The SMILES string of the molecule is Nc1nnn(Cc2cc3c(cc2Br)OCCO3)c1C1CC1. The lowest BCUT2D eigenvalue weighted by atomic mass is 10.2. The Morgan fingerprint density at radius 1 is 1.24 bits per heavy atom. The van der Waals surface area contributed by atoms with E-state index in [1.54, 1.807) is 0 Å². The van der Waals surface area contributed by atoms with Gasteiger partial charge in [0.05, 0.1) is 12.2 Å². The average molecular weight is 351 g/mol. The number of anilines is 1. The molecule has 1 fully saturated rings. The predicted octanol–water partition coefficient (Wildman–Crippen LogP) is 2.32. The first-order valence-corrected chi connectivity index (χ1v) is 7.78. The molecule has 0 atom stereocenters. The van der Waals surface area contributed by atoms with Gasteiger partial charge >= 0.3 is 0 Å². The Labute approximate surface area is 130 Å². The second-order valence-electron chi connectivity index (χ2n) is 5.38. The predicted molar refractivity (Wildman–Crippen MR) is 80.6 cm³/mol. The molecule has 2 aliphatic rings. The van der Waals surface area contributed by atoms with Crippen LogP contribution in [0.25, 0.3) is 0 Å². The van der Waals surface area contributed by atoms with Crippen LogP contribution >= 0.6 is 15.9 Å². The molecule has 6 nitrogen and oxygen atoms in total.